The smallest absolute Gasteiger partial charge is 0.261 e. The van der Waals surface area contributed by atoms with Crippen molar-refractivity contribution in [1.82, 2.24) is 30.2 Å². The largest absolute Gasteiger partial charge is 0.367 e. The minimum atomic E-state index is -0.132. The highest BCUT2D eigenvalue weighted by atomic mass is 32.1. The second-order valence-electron chi connectivity index (χ2n) is 8.86. The van der Waals surface area contributed by atoms with E-state index in [2.05, 4.69) is 32.6 Å². The van der Waals surface area contributed by atoms with Crippen LogP contribution in [-0.4, -0.2) is 37.4 Å². The van der Waals surface area contributed by atoms with Gasteiger partial charge in [-0.1, -0.05) is 6.58 Å². The number of amides is 2. The lowest BCUT2D eigenvalue weighted by atomic mass is 10.1. The Hall–Kier alpha value is -4.31. The highest BCUT2D eigenvalue weighted by molar-refractivity contribution is 7.17. The molecule has 1 saturated heterocycles. The third-order valence-corrected chi connectivity index (χ3v) is 7.18. The zero-order chi connectivity index (χ0) is 24.6. The molecule has 0 spiro atoms. The second kappa shape index (κ2) is 9.04. The van der Waals surface area contributed by atoms with E-state index in [0.717, 1.165) is 45.9 Å². The summed E-state index contributed by atoms with van der Waals surface area (Å²) in [7, 11) is 0. The van der Waals surface area contributed by atoms with Crippen LogP contribution in [0.3, 0.4) is 0 Å². The molecule has 0 aromatic carbocycles. The highest BCUT2D eigenvalue weighted by Crippen LogP contribution is 2.33. The molecule has 4 aromatic heterocycles. The molecule has 1 aliphatic heterocycles. The number of carbonyl (C=O) groups is 2. The van der Waals surface area contributed by atoms with Gasteiger partial charge in [-0.15, -0.1) is 11.3 Å². The number of pyridine rings is 1. The molecular weight excluding hydrogens is 474 g/mol. The maximum absolute atomic E-state index is 12.7. The van der Waals surface area contributed by atoms with Crippen molar-refractivity contribution in [2.24, 2.45) is 0 Å². The van der Waals surface area contributed by atoms with Crippen LogP contribution in [0.5, 0.6) is 0 Å². The Morgan fingerprint density at radius 1 is 1.25 bits per heavy atom. The molecule has 0 unspecified atom stereocenters. The van der Waals surface area contributed by atoms with E-state index in [1.807, 2.05) is 36.4 Å². The summed E-state index contributed by atoms with van der Waals surface area (Å²) < 4.78 is 1.79. The predicted octanol–water partition coefficient (Wildman–Crippen LogP) is 3.77. The topological polar surface area (TPSA) is 113 Å². The first-order chi connectivity index (χ1) is 17.5. The van der Waals surface area contributed by atoms with Crippen LogP contribution in [-0.2, 0) is 11.3 Å². The van der Waals surface area contributed by atoms with Gasteiger partial charge in [-0.25, -0.2) is 4.98 Å². The van der Waals surface area contributed by atoms with E-state index in [1.54, 1.807) is 23.1 Å². The average molecular weight is 498 g/mol. The van der Waals surface area contributed by atoms with Crippen LogP contribution < -0.4 is 16.0 Å². The van der Waals surface area contributed by atoms with Gasteiger partial charge in [0.1, 0.15) is 5.82 Å². The molecule has 2 amide bonds. The van der Waals surface area contributed by atoms with Crippen molar-refractivity contribution < 1.29 is 9.59 Å². The maximum atomic E-state index is 12.7. The molecule has 180 valence electrons. The Labute approximate surface area is 211 Å². The van der Waals surface area contributed by atoms with E-state index in [1.165, 1.54) is 11.3 Å². The predicted molar refractivity (Wildman–Crippen MR) is 138 cm³/mol. The molecule has 6 rings (SSSR count). The van der Waals surface area contributed by atoms with Crippen LogP contribution in [0.4, 0.5) is 5.82 Å². The fraction of sp³-hybridized carbons (Fsp3) is 0.192. The van der Waals surface area contributed by atoms with E-state index < -0.39 is 0 Å². The summed E-state index contributed by atoms with van der Waals surface area (Å²) >= 11 is 1.39. The number of nitrogens with zero attached hydrogens (tertiary/aromatic N) is 4. The van der Waals surface area contributed by atoms with Crippen molar-refractivity contribution >= 4 is 40.7 Å². The van der Waals surface area contributed by atoms with Gasteiger partial charge in [0.25, 0.3) is 5.91 Å². The van der Waals surface area contributed by atoms with Crippen molar-refractivity contribution in [3.63, 3.8) is 0 Å². The zero-order valence-corrected chi connectivity index (χ0v) is 20.1. The Morgan fingerprint density at radius 2 is 2.08 bits per heavy atom. The summed E-state index contributed by atoms with van der Waals surface area (Å²) in [5.41, 5.74) is 4.64. The molecule has 2 aliphatic rings. The number of allylic oxidation sites excluding steroid dienone is 1. The molecule has 2 fully saturated rings. The van der Waals surface area contributed by atoms with Crippen LogP contribution in [0.15, 0.2) is 66.8 Å². The number of nitrogens with one attached hydrogen (secondary N) is 3. The van der Waals surface area contributed by atoms with Crippen LogP contribution in [0.1, 0.15) is 40.1 Å². The first-order valence-electron chi connectivity index (χ1n) is 11.7. The number of anilines is 1. The van der Waals surface area contributed by atoms with Gasteiger partial charge in [0.05, 0.1) is 28.1 Å². The van der Waals surface area contributed by atoms with Crippen LogP contribution in [0.25, 0.3) is 22.3 Å². The summed E-state index contributed by atoms with van der Waals surface area (Å²) in [6, 6.07) is 9.88. The average Bonchev–Trinajstić information content (AvgIpc) is 3.25. The SMILES string of the molecule is C=C1NC(=O)C/C1=C\c1cnn2c(NC3CC3)cc(-c3ccc(C(=O)NCc4ccncc4)s3)nc12. The second-order valence-corrected chi connectivity index (χ2v) is 9.94. The lowest BCUT2D eigenvalue weighted by molar-refractivity contribution is -0.118. The van der Waals surface area contributed by atoms with E-state index >= 15 is 0 Å². The van der Waals surface area contributed by atoms with Gasteiger partial charge in [-0.2, -0.15) is 9.61 Å². The minimum absolute atomic E-state index is 0.0687. The van der Waals surface area contributed by atoms with Gasteiger partial charge in [-0.05, 0) is 54.3 Å². The molecule has 4 aromatic rings. The molecule has 3 N–H and O–H groups in total. The molecule has 0 atom stereocenters. The Morgan fingerprint density at radius 3 is 2.83 bits per heavy atom. The number of hydrogen-bond donors (Lipinski definition) is 3. The first-order valence-corrected chi connectivity index (χ1v) is 12.5. The van der Waals surface area contributed by atoms with Crippen molar-refractivity contribution in [3.05, 3.63) is 82.8 Å². The van der Waals surface area contributed by atoms with Crippen molar-refractivity contribution in [3.8, 4) is 10.6 Å². The van der Waals surface area contributed by atoms with Gasteiger partial charge in [0.15, 0.2) is 5.65 Å². The maximum Gasteiger partial charge on any atom is 0.261 e. The van der Waals surface area contributed by atoms with Crippen molar-refractivity contribution in [2.45, 2.75) is 31.8 Å². The molecule has 36 heavy (non-hydrogen) atoms. The Balaban J connectivity index is 1.32. The summed E-state index contributed by atoms with van der Waals surface area (Å²) in [6.07, 6.45) is 9.59. The molecule has 0 radical (unpaired) electrons. The molecule has 10 heteroatoms. The Kier molecular flexibility index (Phi) is 5.57. The minimum Gasteiger partial charge on any atom is -0.367 e. The van der Waals surface area contributed by atoms with Gasteiger partial charge in [0, 0.05) is 42.3 Å². The molecular formula is C26H23N7O2S. The van der Waals surface area contributed by atoms with E-state index in [-0.39, 0.29) is 18.2 Å². The van der Waals surface area contributed by atoms with Gasteiger partial charge < -0.3 is 16.0 Å². The van der Waals surface area contributed by atoms with Crippen LogP contribution in [0.2, 0.25) is 0 Å². The number of aromatic nitrogens is 4. The summed E-state index contributed by atoms with van der Waals surface area (Å²) in [4.78, 5) is 34.9. The van der Waals surface area contributed by atoms with Crippen LogP contribution >= 0.6 is 11.3 Å². The summed E-state index contributed by atoms with van der Waals surface area (Å²) in [5, 5.41) is 13.8. The third-order valence-electron chi connectivity index (χ3n) is 6.07. The number of hydrogen-bond acceptors (Lipinski definition) is 7. The number of fused-ring (bicyclic) bond motifs is 1. The third kappa shape index (κ3) is 4.50. The summed E-state index contributed by atoms with van der Waals surface area (Å²) in [6.45, 7) is 4.37. The fourth-order valence-electron chi connectivity index (χ4n) is 4.01. The normalized spacial score (nSPS) is 16.5. The quantitative estimate of drug-likeness (QED) is 0.358. The lowest BCUT2D eigenvalue weighted by Gasteiger charge is -2.09. The van der Waals surface area contributed by atoms with Gasteiger partial charge in [-0.3, -0.25) is 14.6 Å². The number of rotatable bonds is 7. The van der Waals surface area contributed by atoms with Gasteiger partial charge in [0.2, 0.25) is 5.91 Å². The zero-order valence-electron chi connectivity index (χ0n) is 19.3. The van der Waals surface area contributed by atoms with E-state index in [4.69, 9.17) is 4.98 Å². The summed E-state index contributed by atoms with van der Waals surface area (Å²) in [5.74, 6) is 0.645. The van der Waals surface area contributed by atoms with Crippen molar-refractivity contribution in [1.29, 1.82) is 0 Å². The fourth-order valence-corrected chi connectivity index (χ4v) is 4.90. The molecule has 9 nitrogen and oxygen atoms in total. The van der Waals surface area contributed by atoms with Crippen molar-refractivity contribution in [2.75, 3.05) is 5.32 Å². The molecule has 1 saturated carbocycles. The number of thiophene rings is 1. The van der Waals surface area contributed by atoms with E-state index in [9.17, 15) is 9.59 Å². The standard InChI is InChI=1S/C26H23N7O2S/c1-15-17(11-24(34)30-15)10-18-14-29-33-23(31-19-2-3-19)12-20(32-25(18)33)21-4-5-22(36-21)26(35)28-13-16-6-8-27-9-7-16/h4-10,12,14,19,31H,1-3,11,13H2,(H,28,35)(H,30,34)/b17-10+. The Bertz CT molecular complexity index is 1530. The van der Waals surface area contributed by atoms with E-state index in [0.29, 0.717) is 28.8 Å². The highest BCUT2D eigenvalue weighted by Gasteiger charge is 2.24. The molecule has 0 bridgehead atoms. The molecule has 5 heterocycles. The first kappa shape index (κ1) is 22.2. The lowest BCUT2D eigenvalue weighted by Crippen LogP contribution is -2.21. The van der Waals surface area contributed by atoms with Crippen LogP contribution in [0, 0.1) is 0 Å². The molecule has 1 aliphatic carbocycles. The monoisotopic (exact) mass is 497 g/mol. The van der Waals surface area contributed by atoms with Gasteiger partial charge >= 0.3 is 0 Å². The number of carbonyl (C=O) groups excluding carboxylic acids is 2.